The zero-order valence-corrected chi connectivity index (χ0v) is 10.7. The van der Waals surface area contributed by atoms with Gasteiger partial charge in [0.25, 0.3) is 0 Å². The van der Waals surface area contributed by atoms with Crippen LogP contribution < -0.4 is 0 Å². The van der Waals surface area contributed by atoms with Gasteiger partial charge in [-0.1, -0.05) is 11.6 Å². The van der Waals surface area contributed by atoms with E-state index in [0.29, 0.717) is 0 Å². The number of esters is 1. The third-order valence-electron chi connectivity index (χ3n) is 2.41. The van der Waals surface area contributed by atoms with Gasteiger partial charge >= 0.3 is 12.1 Å². The lowest BCUT2D eigenvalue weighted by atomic mass is 10.2. The molecule has 0 spiro atoms. The van der Waals surface area contributed by atoms with E-state index in [1.165, 1.54) is 6.20 Å². The Bertz CT molecular complexity index is 655. The van der Waals surface area contributed by atoms with E-state index in [1.54, 1.807) is 0 Å². The maximum Gasteiger partial charge on any atom is 0.420 e. The smallest absolute Gasteiger partial charge is 0.420 e. The fraction of sp³-hybridized carbons (Fsp3) is 0.182. The van der Waals surface area contributed by atoms with E-state index in [0.717, 1.165) is 30.1 Å². The minimum absolute atomic E-state index is 0.145. The molecule has 0 unspecified atom stereocenters. The molecule has 0 aliphatic rings. The Kier molecular flexibility index (Phi) is 3.67. The molecule has 2 aromatic rings. The van der Waals surface area contributed by atoms with Crippen molar-refractivity contribution in [3.63, 3.8) is 0 Å². The number of carbonyl (C=O) groups excluding carboxylic acids is 1. The molecule has 0 aliphatic heterocycles. The van der Waals surface area contributed by atoms with Gasteiger partial charge in [-0.25, -0.2) is 14.5 Å². The predicted octanol–water partition coefficient (Wildman–Crippen LogP) is 2.73. The molecule has 0 aliphatic carbocycles. The van der Waals surface area contributed by atoms with Gasteiger partial charge in [-0.05, 0) is 12.1 Å². The summed E-state index contributed by atoms with van der Waals surface area (Å²) in [7, 11) is 1.12. The van der Waals surface area contributed by atoms with Crippen molar-refractivity contribution in [1.29, 1.82) is 0 Å². The van der Waals surface area contributed by atoms with Crippen LogP contribution in [0.4, 0.5) is 13.2 Å². The van der Waals surface area contributed by atoms with E-state index in [4.69, 9.17) is 11.6 Å². The Morgan fingerprint density at radius 2 is 2.15 bits per heavy atom. The van der Waals surface area contributed by atoms with Crippen LogP contribution in [0.15, 0.2) is 24.5 Å². The van der Waals surface area contributed by atoms with Crippen LogP contribution in [0.25, 0.3) is 5.82 Å². The quantitative estimate of drug-likeness (QED) is 0.801. The number of alkyl halides is 3. The largest absolute Gasteiger partial charge is 0.465 e. The number of halogens is 4. The zero-order chi connectivity index (χ0) is 14.9. The van der Waals surface area contributed by atoms with E-state index in [9.17, 15) is 18.0 Å². The van der Waals surface area contributed by atoms with Gasteiger partial charge in [-0.3, -0.25) is 0 Å². The number of nitrogens with zero attached hydrogens (tertiary/aromatic N) is 3. The van der Waals surface area contributed by atoms with Gasteiger partial charge in [0.05, 0.1) is 13.3 Å². The van der Waals surface area contributed by atoms with Crippen LogP contribution in [0.3, 0.4) is 0 Å². The first-order valence-corrected chi connectivity index (χ1v) is 5.58. The Balaban J connectivity index is 2.59. The van der Waals surface area contributed by atoms with Crippen molar-refractivity contribution < 1.29 is 22.7 Å². The summed E-state index contributed by atoms with van der Waals surface area (Å²) in [5.41, 5.74) is -1.16. The first-order valence-electron chi connectivity index (χ1n) is 5.20. The molecule has 20 heavy (non-hydrogen) atoms. The van der Waals surface area contributed by atoms with Crippen LogP contribution in [0.2, 0.25) is 5.15 Å². The SMILES string of the molecule is COC(=O)c1cnn(-c2ncccc2C(F)(F)F)c1Cl. The summed E-state index contributed by atoms with van der Waals surface area (Å²) in [5, 5.41) is 3.35. The minimum atomic E-state index is -4.62. The molecule has 0 radical (unpaired) electrons. The summed E-state index contributed by atoms with van der Waals surface area (Å²) in [4.78, 5) is 15.0. The lowest BCUT2D eigenvalue weighted by molar-refractivity contribution is -0.137. The maximum absolute atomic E-state index is 12.9. The average molecular weight is 306 g/mol. The minimum Gasteiger partial charge on any atom is -0.465 e. The number of hydrogen-bond donors (Lipinski definition) is 0. The van der Waals surface area contributed by atoms with Gasteiger partial charge < -0.3 is 4.74 Å². The van der Waals surface area contributed by atoms with Gasteiger partial charge in [-0.2, -0.15) is 18.3 Å². The van der Waals surface area contributed by atoms with E-state index in [2.05, 4.69) is 14.8 Å². The van der Waals surface area contributed by atoms with Crippen molar-refractivity contribution in [2.24, 2.45) is 0 Å². The molecular formula is C11H7ClF3N3O2. The Morgan fingerprint density at radius 3 is 2.75 bits per heavy atom. The first-order chi connectivity index (χ1) is 9.36. The van der Waals surface area contributed by atoms with Crippen LogP contribution in [0.5, 0.6) is 0 Å². The Morgan fingerprint density at radius 1 is 1.45 bits per heavy atom. The number of aromatic nitrogens is 3. The van der Waals surface area contributed by atoms with Crippen molar-refractivity contribution >= 4 is 17.6 Å². The number of rotatable bonds is 2. The summed E-state index contributed by atoms with van der Waals surface area (Å²) >= 11 is 5.85. The van der Waals surface area contributed by atoms with Gasteiger partial charge in [0.2, 0.25) is 0 Å². The second kappa shape index (κ2) is 5.12. The average Bonchev–Trinajstić information content (AvgIpc) is 2.78. The summed E-state index contributed by atoms with van der Waals surface area (Å²) in [5.74, 6) is -1.31. The number of carbonyl (C=O) groups is 1. The molecular weight excluding hydrogens is 299 g/mol. The second-order valence-electron chi connectivity index (χ2n) is 3.62. The summed E-state index contributed by atoms with van der Waals surface area (Å²) < 4.78 is 43.8. The molecule has 2 aromatic heterocycles. The Labute approximate surface area is 115 Å². The fourth-order valence-electron chi connectivity index (χ4n) is 1.52. The van der Waals surface area contributed by atoms with Gasteiger partial charge in [0.15, 0.2) is 5.82 Å². The third kappa shape index (κ3) is 2.46. The third-order valence-corrected chi connectivity index (χ3v) is 2.77. The van der Waals surface area contributed by atoms with Crippen molar-refractivity contribution in [2.75, 3.05) is 7.11 Å². The van der Waals surface area contributed by atoms with Gasteiger partial charge in [0.1, 0.15) is 16.3 Å². The van der Waals surface area contributed by atoms with Crippen molar-refractivity contribution in [1.82, 2.24) is 14.8 Å². The highest BCUT2D eigenvalue weighted by atomic mass is 35.5. The van der Waals surface area contributed by atoms with Gasteiger partial charge in [0, 0.05) is 6.20 Å². The molecule has 0 bridgehead atoms. The highest BCUT2D eigenvalue weighted by Crippen LogP contribution is 2.33. The van der Waals surface area contributed by atoms with Crippen LogP contribution in [-0.4, -0.2) is 27.8 Å². The van der Waals surface area contributed by atoms with Gasteiger partial charge in [-0.15, -0.1) is 0 Å². The maximum atomic E-state index is 12.9. The highest BCUT2D eigenvalue weighted by Gasteiger charge is 2.35. The Hall–Kier alpha value is -2.09. The topological polar surface area (TPSA) is 57.0 Å². The molecule has 0 saturated heterocycles. The van der Waals surface area contributed by atoms with Crippen molar-refractivity contribution in [3.8, 4) is 5.82 Å². The molecule has 0 saturated carbocycles. The molecule has 0 aromatic carbocycles. The van der Waals surface area contributed by atoms with E-state index >= 15 is 0 Å². The van der Waals surface area contributed by atoms with Crippen molar-refractivity contribution in [2.45, 2.75) is 6.18 Å². The number of pyridine rings is 1. The number of methoxy groups -OCH3 is 1. The molecule has 0 atom stereocenters. The van der Waals surface area contributed by atoms with E-state index in [1.807, 2.05) is 0 Å². The monoisotopic (exact) mass is 305 g/mol. The van der Waals surface area contributed by atoms with Crippen LogP contribution >= 0.6 is 11.6 Å². The molecule has 0 fully saturated rings. The number of hydrogen-bond acceptors (Lipinski definition) is 4. The second-order valence-corrected chi connectivity index (χ2v) is 3.98. The van der Waals surface area contributed by atoms with E-state index in [-0.39, 0.29) is 10.7 Å². The van der Waals surface area contributed by atoms with E-state index < -0.39 is 23.5 Å². The summed E-state index contributed by atoms with van der Waals surface area (Å²) in [6.45, 7) is 0. The summed E-state index contributed by atoms with van der Waals surface area (Å²) in [6.07, 6.45) is -2.44. The molecule has 2 heterocycles. The zero-order valence-electron chi connectivity index (χ0n) is 9.98. The summed E-state index contributed by atoms with van der Waals surface area (Å²) in [6, 6.07) is 1.99. The molecule has 5 nitrogen and oxygen atoms in total. The highest BCUT2D eigenvalue weighted by molar-refractivity contribution is 6.32. The standard InChI is InChI=1S/C11H7ClF3N3O2/c1-20-10(19)6-5-17-18(8(6)12)9-7(11(13,14)15)3-2-4-16-9/h2-5H,1H3. The first kappa shape index (κ1) is 14.3. The molecule has 2 rings (SSSR count). The normalized spacial score (nSPS) is 11.4. The fourth-order valence-corrected chi connectivity index (χ4v) is 1.76. The van der Waals surface area contributed by atoms with Crippen LogP contribution in [0.1, 0.15) is 15.9 Å². The van der Waals surface area contributed by atoms with Crippen LogP contribution in [-0.2, 0) is 10.9 Å². The molecule has 0 N–H and O–H groups in total. The molecule has 106 valence electrons. The molecule has 0 amide bonds. The van der Waals surface area contributed by atoms with Crippen LogP contribution in [0, 0.1) is 0 Å². The number of ether oxygens (including phenoxy) is 1. The lowest BCUT2D eigenvalue weighted by Crippen LogP contribution is -2.13. The lowest BCUT2D eigenvalue weighted by Gasteiger charge is -2.11. The van der Waals surface area contributed by atoms with Crippen molar-refractivity contribution in [3.05, 3.63) is 40.8 Å². The predicted molar refractivity (Wildman–Crippen MR) is 62.7 cm³/mol. The molecule has 9 heteroatoms.